The van der Waals surface area contributed by atoms with Gasteiger partial charge in [0.05, 0.1) is 12.8 Å². The van der Waals surface area contributed by atoms with Crippen LogP contribution in [0.5, 0.6) is 5.75 Å². The summed E-state index contributed by atoms with van der Waals surface area (Å²) in [7, 11) is 1.61. The molecule has 106 valence electrons. The molecule has 0 N–H and O–H groups in total. The molecule has 0 atom stereocenters. The molecule has 1 aromatic carbocycles. The Hall–Kier alpha value is -2.26. The number of hydrogen-bond donors (Lipinski definition) is 0. The number of hydrogen-bond acceptors (Lipinski definition) is 2. The Morgan fingerprint density at radius 3 is 2.71 bits per heavy atom. The van der Waals surface area contributed by atoms with E-state index in [9.17, 15) is 4.79 Å². The maximum absolute atomic E-state index is 11.6. The van der Waals surface area contributed by atoms with Crippen LogP contribution < -0.4 is 4.74 Å². The fourth-order valence-corrected chi connectivity index (χ4v) is 2.76. The average Bonchev–Trinajstić information content (AvgIpc) is 2.87. The molecule has 0 saturated heterocycles. The molecule has 0 aliphatic carbocycles. The summed E-state index contributed by atoms with van der Waals surface area (Å²) < 4.78 is 7.28. The molecule has 0 spiro atoms. The van der Waals surface area contributed by atoms with Crippen LogP contribution in [-0.4, -0.2) is 17.8 Å². The first kappa shape index (κ1) is 13.7. The zero-order valence-corrected chi connectivity index (χ0v) is 12.5. The normalized spacial score (nSPS) is 10.8. The van der Waals surface area contributed by atoms with Crippen molar-refractivity contribution in [1.29, 1.82) is 0 Å². The molecule has 4 heteroatoms. The zero-order chi connectivity index (χ0) is 15.0. The lowest BCUT2D eigenvalue weighted by Gasteiger charge is -2.08. The first-order chi connectivity index (χ1) is 10.2. The van der Waals surface area contributed by atoms with Crippen LogP contribution in [0.25, 0.3) is 16.6 Å². The van der Waals surface area contributed by atoms with E-state index in [2.05, 4.69) is 0 Å². The lowest BCUT2D eigenvalue weighted by atomic mass is 10.0. The highest BCUT2D eigenvalue weighted by molar-refractivity contribution is 6.31. The largest absolute Gasteiger partial charge is 0.496 e. The van der Waals surface area contributed by atoms with Gasteiger partial charge in [-0.3, -0.25) is 4.79 Å². The fourth-order valence-electron chi connectivity index (χ4n) is 2.59. The predicted octanol–water partition coefficient (Wildman–Crippen LogP) is 4.39. The third-order valence-corrected chi connectivity index (χ3v) is 3.86. The fraction of sp³-hybridized carbons (Fsp3) is 0.118. The number of ether oxygens (including phenoxy) is 1. The molecule has 0 aliphatic rings. The molecule has 21 heavy (non-hydrogen) atoms. The molecule has 0 bridgehead atoms. The van der Waals surface area contributed by atoms with Gasteiger partial charge in [-0.05, 0) is 42.8 Å². The van der Waals surface area contributed by atoms with E-state index in [1.807, 2.05) is 41.8 Å². The number of nitrogens with zero attached hydrogens (tertiary/aromatic N) is 1. The van der Waals surface area contributed by atoms with Crippen molar-refractivity contribution in [3.63, 3.8) is 0 Å². The van der Waals surface area contributed by atoms with Crippen molar-refractivity contribution in [2.75, 3.05) is 7.11 Å². The van der Waals surface area contributed by atoms with Crippen LogP contribution in [0.3, 0.4) is 0 Å². The van der Waals surface area contributed by atoms with Crippen LogP contribution in [0.15, 0.2) is 42.6 Å². The van der Waals surface area contributed by atoms with Gasteiger partial charge in [-0.1, -0.05) is 17.7 Å². The van der Waals surface area contributed by atoms with Crippen LogP contribution in [0.2, 0.25) is 5.02 Å². The maximum Gasteiger partial charge on any atom is 0.167 e. The summed E-state index contributed by atoms with van der Waals surface area (Å²) in [5.41, 5.74) is 4.33. The highest BCUT2D eigenvalue weighted by Crippen LogP contribution is 2.36. The Kier molecular flexibility index (Phi) is 3.43. The minimum Gasteiger partial charge on any atom is -0.496 e. The van der Waals surface area contributed by atoms with Crippen molar-refractivity contribution in [3.8, 4) is 16.9 Å². The highest BCUT2D eigenvalue weighted by Gasteiger charge is 2.16. The lowest BCUT2D eigenvalue weighted by Crippen LogP contribution is -1.94. The lowest BCUT2D eigenvalue weighted by molar-refractivity contribution is 0.111. The van der Waals surface area contributed by atoms with Crippen LogP contribution in [-0.2, 0) is 0 Å². The summed E-state index contributed by atoms with van der Waals surface area (Å²) in [6, 6.07) is 11.3. The van der Waals surface area contributed by atoms with Gasteiger partial charge in [-0.25, -0.2) is 0 Å². The van der Waals surface area contributed by atoms with E-state index in [-0.39, 0.29) is 0 Å². The van der Waals surface area contributed by atoms with E-state index in [0.29, 0.717) is 16.5 Å². The molecule has 0 saturated carbocycles. The van der Waals surface area contributed by atoms with Crippen molar-refractivity contribution in [2.24, 2.45) is 0 Å². The van der Waals surface area contributed by atoms with Crippen molar-refractivity contribution >= 4 is 23.4 Å². The smallest absolute Gasteiger partial charge is 0.167 e. The summed E-state index contributed by atoms with van der Waals surface area (Å²) in [5.74, 6) is 0.691. The van der Waals surface area contributed by atoms with Crippen LogP contribution in [0.1, 0.15) is 16.1 Å². The number of aldehydes is 1. The van der Waals surface area contributed by atoms with E-state index in [0.717, 1.165) is 28.5 Å². The van der Waals surface area contributed by atoms with Gasteiger partial charge < -0.3 is 9.14 Å². The van der Waals surface area contributed by atoms with E-state index < -0.39 is 0 Å². The molecular weight excluding hydrogens is 286 g/mol. The molecular formula is C17H14ClNO2. The highest BCUT2D eigenvalue weighted by atomic mass is 35.5. The number of carbonyl (C=O) groups is 1. The van der Waals surface area contributed by atoms with Crippen LogP contribution in [0.4, 0.5) is 0 Å². The number of pyridine rings is 1. The van der Waals surface area contributed by atoms with E-state index in [4.69, 9.17) is 16.3 Å². The molecule has 0 unspecified atom stereocenters. The van der Waals surface area contributed by atoms with Gasteiger partial charge in [-0.15, -0.1) is 0 Å². The van der Waals surface area contributed by atoms with Gasteiger partial charge in [0.2, 0.25) is 0 Å². The number of aryl methyl sites for hydroxylation is 1. The van der Waals surface area contributed by atoms with Gasteiger partial charge >= 0.3 is 0 Å². The maximum atomic E-state index is 11.6. The Balaban J connectivity index is 2.37. The van der Waals surface area contributed by atoms with Crippen LogP contribution in [0, 0.1) is 6.92 Å². The zero-order valence-electron chi connectivity index (χ0n) is 11.8. The van der Waals surface area contributed by atoms with Crippen LogP contribution >= 0.6 is 11.6 Å². The first-order valence-corrected chi connectivity index (χ1v) is 6.93. The Morgan fingerprint density at radius 1 is 1.19 bits per heavy atom. The van der Waals surface area contributed by atoms with Crippen molar-refractivity contribution in [2.45, 2.75) is 6.92 Å². The van der Waals surface area contributed by atoms with E-state index in [1.54, 1.807) is 19.2 Å². The van der Waals surface area contributed by atoms with E-state index in [1.165, 1.54) is 0 Å². The number of methoxy groups -OCH3 is 1. The number of aromatic nitrogens is 1. The Morgan fingerprint density at radius 2 is 2.00 bits per heavy atom. The first-order valence-electron chi connectivity index (χ1n) is 6.55. The van der Waals surface area contributed by atoms with Crippen molar-refractivity contribution in [1.82, 2.24) is 4.40 Å². The number of halogens is 1. The average molecular weight is 300 g/mol. The number of benzene rings is 1. The summed E-state index contributed by atoms with van der Waals surface area (Å²) in [6.45, 7) is 2.02. The summed E-state index contributed by atoms with van der Waals surface area (Å²) in [4.78, 5) is 11.6. The van der Waals surface area contributed by atoms with E-state index >= 15 is 0 Å². The van der Waals surface area contributed by atoms with Crippen molar-refractivity contribution < 1.29 is 9.53 Å². The SMILES string of the molecule is COc1ccc(Cl)cc1-c1cc2c(C)cccn2c1C=O. The molecule has 2 aromatic heterocycles. The monoisotopic (exact) mass is 299 g/mol. The number of fused-ring (bicyclic) bond motifs is 1. The minimum atomic E-state index is 0.592. The molecule has 0 fully saturated rings. The summed E-state index contributed by atoms with van der Waals surface area (Å²) in [5, 5.41) is 0.606. The molecule has 0 aliphatic heterocycles. The third kappa shape index (κ3) is 2.20. The predicted molar refractivity (Wildman–Crippen MR) is 84.5 cm³/mol. The third-order valence-electron chi connectivity index (χ3n) is 3.62. The second-order valence-electron chi connectivity index (χ2n) is 4.85. The second kappa shape index (κ2) is 5.26. The molecule has 3 rings (SSSR count). The molecule has 2 heterocycles. The second-order valence-corrected chi connectivity index (χ2v) is 5.29. The number of rotatable bonds is 3. The van der Waals surface area contributed by atoms with Gasteiger partial charge in [0.15, 0.2) is 6.29 Å². The minimum absolute atomic E-state index is 0.592. The molecule has 3 nitrogen and oxygen atoms in total. The molecule has 0 radical (unpaired) electrons. The molecule has 0 amide bonds. The van der Waals surface area contributed by atoms with Gasteiger partial charge in [-0.2, -0.15) is 0 Å². The molecule has 3 aromatic rings. The summed E-state index contributed by atoms with van der Waals surface area (Å²) >= 11 is 6.10. The topological polar surface area (TPSA) is 30.7 Å². The Labute approximate surface area is 127 Å². The number of carbonyl (C=O) groups excluding carboxylic acids is 1. The standard InChI is InChI=1S/C17H14ClNO2/c1-11-4-3-7-19-15(11)9-13(16(19)10-20)14-8-12(18)5-6-17(14)21-2/h3-10H,1-2H3. The Bertz CT molecular complexity index is 836. The van der Waals surface area contributed by atoms with Gasteiger partial charge in [0.25, 0.3) is 0 Å². The quantitative estimate of drug-likeness (QED) is 0.672. The van der Waals surface area contributed by atoms with Crippen molar-refractivity contribution in [3.05, 3.63) is 58.9 Å². The van der Waals surface area contributed by atoms with Gasteiger partial charge in [0, 0.05) is 27.9 Å². The van der Waals surface area contributed by atoms with Gasteiger partial charge in [0.1, 0.15) is 5.75 Å². The summed E-state index contributed by atoms with van der Waals surface area (Å²) in [6.07, 6.45) is 2.74.